The number of rotatable bonds is 5. The van der Waals surface area contributed by atoms with Gasteiger partial charge < -0.3 is 11.1 Å². The predicted octanol–water partition coefficient (Wildman–Crippen LogP) is 3.68. The van der Waals surface area contributed by atoms with Crippen LogP contribution in [0.2, 0.25) is 0 Å². The second-order valence-corrected chi connectivity index (χ2v) is 8.36. The Hall–Kier alpha value is -1.72. The molecule has 0 spiro atoms. The first-order valence-electron chi connectivity index (χ1n) is 9.04. The van der Waals surface area contributed by atoms with E-state index >= 15 is 0 Å². The van der Waals surface area contributed by atoms with Gasteiger partial charge in [0, 0.05) is 23.0 Å². The van der Waals surface area contributed by atoms with Gasteiger partial charge in [-0.3, -0.25) is 4.79 Å². The maximum absolute atomic E-state index is 12.4. The molecule has 2 atom stereocenters. The fourth-order valence-corrected chi connectivity index (χ4v) is 4.20. The summed E-state index contributed by atoms with van der Waals surface area (Å²) in [6.45, 7) is 4.68. The number of aromatic nitrogens is 1. The smallest absolute Gasteiger partial charge is 0.224 e. The second-order valence-electron chi connectivity index (χ2n) is 7.29. The summed E-state index contributed by atoms with van der Waals surface area (Å²) in [6, 6.07) is 8.43. The molecule has 1 aromatic heterocycles. The molecule has 1 heterocycles. The van der Waals surface area contributed by atoms with Crippen LogP contribution in [-0.2, 0) is 11.2 Å². The third kappa shape index (κ3) is 4.47. The molecule has 0 saturated heterocycles. The van der Waals surface area contributed by atoms with Crippen molar-refractivity contribution in [3.63, 3.8) is 0 Å². The Bertz CT molecular complexity index is 721. The highest BCUT2D eigenvalue weighted by atomic mass is 32.1. The summed E-state index contributed by atoms with van der Waals surface area (Å²) >= 11 is 1.66. The summed E-state index contributed by atoms with van der Waals surface area (Å²) in [5.41, 5.74) is 9.33. The Morgan fingerprint density at radius 3 is 2.76 bits per heavy atom. The lowest BCUT2D eigenvalue weighted by molar-refractivity contribution is -0.128. The Morgan fingerprint density at radius 2 is 2.12 bits per heavy atom. The van der Waals surface area contributed by atoms with Crippen LogP contribution in [0.4, 0.5) is 0 Å². The molecular formula is C20H27N3OS. The highest BCUT2D eigenvalue weighted by Gasteiger charge is 2.37. The van der Waals surface area contributed by atoms with Crippen LogP contribution < -0.4 is 11.1 Å². The fraction of sp³-hybridized carbons (Fsp3) is 0.500. The van der Waals surface area contributed by atoms with E-state index in [-0.39, 0.29) is 17.4 Å². The van der Waals surface area contributed by atoms with E-state index < -0.39 is 0 Å². The summed E-state index contributed by atoms with van der Waals surface area (Å²) in [4.78, 5) is 17.0. The van der Waals surface area contributed by atoms with Crippen molar-refractivity contribution in [1.29, 1.82) is 0 Å². The molecule has 1 amide bonds. The van der Waals surface area contributed by atoms with Gasteiger partial charge in [-0.15, -0.1) is 11.3 Å². The molecule has 4 nitrogen and oxygen atoms in total. The number of thiazole rings is 1. The lowest BCUT2D eigenvalue weighted by atomic mass is 9.74. The zero-order valence-corrected chi connectivity index (χ0v) is 15.9. The van der Waals surface area contributed by atoms with E-state index in [2.05, 4.69) is 39.9 Å². The number of hydrogen-bond donors (Lipinski definition) is 2. The van der Waals surface area contributed by atoms with Crippen molar-refractivity contribution in [3.8, 4) is 11.3 Å². The minimum absolute atomic E-state index is 0.0588. The molecule has 1 aliphatic carbocycles. The summed E-state index contributed by atoms with van der Waals surface area (Å²) < 4.78 is 0. The minimum atomic E-state index is -0.365. The zero-order valence-electron chi connectivity index (χ0n) is 15.0. The molecule has 1 aliphatic rings. The number of carbonyl (C=O) groups excluding carboxylic acids is 1. The van der Waals surface area contributed by atoms with E-state index in [9.17, 15) is 4.79 Å². The van der Waals surface area contributed by atoms with E-state index in [0.29, 0.717) is 6.54 Å². The quantitative estimate of drug-likeness (QED) is 0.857. The van der Waals surface area contributed by atoms with Gasteiger partial charge in [-0.2, -0.15) is 0 Å². The largest absolute Gasteiger partial charge is 0.355 e. The van der Waals surface area contributed by atoms with Gasteiger partial charge in [0.25, 0.3) is 0 Å². The third-order valence-corrected chi connectivity index (χ3v) is 5.93. The molecule has 134 valence electrons. The van der Waals surface area contributed by atoms with Gasteiger partial charge >= 0.3 is 0 Å². The lowest BCUT2D eigenvalue weighted by Crippen LogP contribution is -2.53. The number of aryl methyl sites for hydroxylation is 1. The first-order valence-corrected chi connectivity index (χ1v) is 9.92. The van der Waals surface area contributed by atoms with Crippen LogP contribution in [0.5, 0.6) is 0 Å². The monoisotopic (exact) mass is 357 g/mol. The van der Waals surface area contributed by atoms with Crippen LogP contribution in [-0.4, -0.2) is 23.0 Å². The number of benzene rings is 1. The van der Waals surface area contributed by atoms with Crippen molar-refractivity contribution in [3.05, 3.63) is 40.2 Å². The Kier molecular flexibility index (Phi) is 5.54. The standard InChI is InChI=1S/C20H27N3OS/c1-14-23-18(13-25-14)16-8-6-15(7-9-16)10-12-22-19(24)17-5-3-4-11-20(17,2)21/h6-9,13,17H,3-5,10-12,21H2,1-2H3,(H,22,24). The molecule has 0 bridgehead atoms. The van der Waals surface area contributed by atoms with Crippen LogP contribution in [0.25, 0.3) is 11.3 Å². The maximum Gasteiger partial charge on any atom is 0.224 e. The van der Waals surface area contributed by atoms with Gasteiger partial charge in [-0.1, -0.05) is 37.1 Å². The molecular weight excluding hydrogens is 330 g/mol. The van der Waals surface area contributed by atoms with E-state index in [1.807, 2.05) is 13.8 Å². The Balaban J connectivity index is 1.51. The Morgan fingerprint density at radius 1 is 1.36 bits per heavy atom. The zero-order chi connectivity index (χ0) is 17.9. The fourth-order valence-electron chi connectivity index (χ4n) is 3.58. The van der Waals surface area contributed by atoms with Gasteiger partial charge in [0.05, 0.1) is 16.6 Å². The SMILES string of the molecule is Cc1nc(-c2ccc(CCNC(=O)C3CCCCC3(C)N)cc2)cs1. The minimum Gasteiger partial charge on any atom is -0.355 e. The highest BCUT2D eigenvalue weighted by Crippen LogP contribution is 2.31. The van der Waals surface area contributed by atoms with Crippen molar-refractivity contribution in [2.75, 3.05) is 6.54 Å². The second kappa shape index (κ2) is 7.67. The third-order valence-electron chi connectivity index (χ3n) is 5.15. The first kappa shape index (κ1) is 18.1. The average Bonchev–Trinajstić information content (AvgIpc) is 3.01. The molecule has 2 aromatic rings. The Labute approximate surface area is 153 Å². The number of nitrogens with one attached hydrogen (secondary N) is 1. The van der Waals surface area contributed by atoms with Gasteiger partial charge in [-0.25, -0.2) is 4.98 Å². The molecule has 1 aromatic carbocycles. The van der Waals surface area contributed by atoms with Crippen LogP contribution in [0, 0.1) is 12.8 Å². The maximum atomic E-state index is 12.4. The van der Waals surface area contributed by atoms with Gasteiger partial charge in [0.15, 0.2) is 0 Å². The van der Waals surface area contributed by atoms with Crippen LogP contribution in [0.15, 0.2) is 29.6 Å². The number of amides is 1. The van der Waals surface area contributed by atoms with Crippen LogP contribution in [0.3, 0.4) is 0 Å². The first-order chi connectivity index (χ1) is 12.0. The molecule has 3 N–H and O–H groups in total. The summed E-state index contributed by atoms with van der Waals surface area (Å²) in [5, 5.41) is 6.24. The molecule has 2 unspecified atom stereocenters. The molecule has 1 fully saturated rings. The van der Waals surface area contributed by atoms with Crippen LogP contribution >= 0.6 is 11.3 Å². The van der Waals surface area contributed by atoms with E-state index in [1.54, 1.807) is 11.3 Å². The highest BCUT2D eigenvalue weighted by molar-refractivity contribution is 7.09. The number of carbonyl (C=O) groups is 1. The summed E-state index contributed by atoms with van der Waals surface area (Å²) in [5.74, 6) is 0.0517. The lowest BCUT2D eigenvalue weighted by Gasteiger charge is -2.37. The van der Waals surface area contributed by atoms with Gasteiger partial charge in [0.1, 0.15) is 0 Å². The van der Waals surface area contributed by atoms with E-state index in [0.717, 1.165) is 48.4 Å². The molecule has 0 aliphatic heterocycles. The van der Waals surface area contributed by atoms with Crippen molar-refractivity contribution in [2.45, 2.75) is 51.5 Å². The number of hydrogen-bond acceptors (Lipinski definition) is 4. The van der Waals surface area contributed by atoms with Crippen molar-refractivity contribution in [1.82, 2.24) is 10.3 Å². The number of nitrogens with zero attached hydrogens (tertiary/aromatic N) is 1. The van der Waals surface area contributed by atoms with Gasteiger partial charge in [0.2, 0.25) is 5.91 Å². The van der Waals surface area contributed by atoms with E-state index in [1.165, 1.54) is 5.56 Å². The topological polar surface area (TPSA) is 68.0 Å². The average molecular weight is 358 g/mol. The van der Waals surface area contributed by atoms with Crippen LogP contribution in [0.1, 0.15) is 43.2 Å². The van der Waals surface area contributed by atoms with Crippen molar-refractivity contribution < 1.29 is 4.79 Å². The van der Waals surface area contributed by atoms with Gasteiger partial charge in [-0.05, 0) is 38.7 Å². The normalized spacial score (nSPS) is 23.4. The predicted molar refractivity (Wildman–Crippen MR) is 104 cm³/mol. The van der Waals surface area contributed by atoms with E-state index in [4.69, 9.17) is 5.73 Å². The molecule has 0 radical (unpaired) electrons. The summed E-state index contributed by atoms with van der Waals surface area (Å²) in [7, 11) is 0. The number of nitrogens with two attached hydrogens (primary N) is 1. The molecule has 25 heavy (non-hydrogen) atoms. The molecule has 1 saturated carbocycles. The molecule has 5 heteroatoms. The summed E-state index contributed by atoms with van der Waals surface area (Å²) in [6.07, 6.45) is 4.89. The van der Waals surface area contributed by atoms with Crippen molar-refractivity contribution in [2.24, 2.45) is 11.7 Å². The molecule has 3 rings (SSSR count). The van der Waals surface area contributed by atoms with Crippen molar-refractivity contribution >= 4 is 17.2 Å².